The molecule has 1 saturated carbocycles. The number of nitrogens with one attached hydrogen (secondary N) is 2. The predicted molar refractivity (Wildman–Crippen MR) is 123 cm³/mol. The lowest BCUT2D eigenvalue weighted by molar-refractivity contribution is 0.380. The van der Waals surface area contributed by atoms with Crippen LogP contribution in [0.25, 0.3) is 11.4 Å². The molecule has 0 saturated heterocycles. The van der Waals surface area contributed by atoms with Crippen molar-refractivity contribution in [3.8, 4) is 11.4 Å². The molecule has 1 aliphatic carbocycles. The molecule has 2 atom stereocenters. The summed E-state index contributed by atoms with van der Waals surface area (Å²) in [6.07, 6.45) is 5.78. The van der Waals surface area contributed by atoms with E-state index in [4.69, 9.17) is 16.1 Å². The van der Waals surface area contributed by atoms with E-state index in [9.17, 15) is 0 Å². The van der Waals surface area contributed by atoms with Crippen molar-refractivity contribution in [3.05, 3.63) is 35.2 Å². The Balaban J connectivity index is 0.00000261. The van der Waals surface area contributed by atoms with Crippen LogP contribution >= 0.6 is 47.3 Å². The number of rotatable bonds is 6. The Hall–Kier alpha value is -1.000. The van der Waals surface area contributed by atoms with E-state index >= 15 is 0 Å². The fourth-order valence-corrected chi connectivity index (χ4v) is 4.00. The standard InChI is InChI=1S/C18H24ClN5OS.HI/c1-3-20-18(22-14-7-8-15(10-14)26-2)21-11-16-23-17(24-25-16)12-5-4-6-13(19)9-12;/h4-6,9,14-15H,3,7-8,10-11H2,1-2H3,(H2,20,21,22);1H. The molecule has 0 aliphatic heterocycles. The minimum absolute atomic E-state index is 0. The Morgan fingerprint density at radius 1 is 1.41 bits per heavy atom. The van der Waals surface area contributed by atoms with Crippen molar-refractivity contribution in [3.63, 3.8) is 0 Å². The minimum atomic E-state index is 0. The van der Waals surface area contributed by atoms with Crippen LogP contribution in [0, 0.1) is 0 Å². The van der Waals surface area contributed by atoms with Crippen LogP contribution < -0.4 is 10.6 Å². The van der Waals surface area contributed by atoms with Crippen LogP contribution in [0.5, 0.6) is 0 Å². The second kappa shape index (κ2) is 11.1. The Labute approximate surface area is 186 Å². The summed E-state index contributed by atoms with van der Waals surface area (Å²) in [6.45, 7) is 3.20. The molecule has 0 radical (unpaired) electrons. The molecule has 0 spiro atoms. The van der Waals surface area contributed by atoms with Gasteiger partial charge in [-0.25, -0.2) is 4.99 Å². The molecule has 1 fully saturated rings. The highest BCUT2D eigenvalue weighted by atomic mass is 127. The zero-order valence-corrected chi connectivity index (χ0v) is 19.3. The third-order valence-corrected chi connectivity index (χ3v) is 5.66. The van der Waals surface area contributed by atoms with E-state index in [1.54, 1.807) is 0 Å². The van der Waals surface area contributed by atoms with E-state index in [0.29, 0.717) is 29.3 Å². The first-order valence-electron chi connectivity index (χ1n) is 8.84. The average molecular weight is 522 g/mol. The van der Waals surface area contributed by atoms with Gasteiger partial charge in [0.15, 0.2) is 5.96 Å². The van der Waals surface area contributed by atoms with Crippen molar-refractivity contribution in [1.29, 1.82) is 0 Å². The summed E-state index contributed by atoms with van der Waals surface area (Å²) in [5.74, 6) is 1.79. The van der Waals surface area contributed by atoms with Crippen LogP contribution in [0.3, 0.4) is 0 Å². The normalized spacial score (nSPS) is 19.6. The van der Waals surface area contributed by atoms with E-state index < -0.39 is 0 Å². The molecular weight excluding hydrogens is 497 g/mol. The van der Waals surface area contributed by atoms with Crippen LogP contribution in [0.1, 0.15) is 32.1 Å². The molecule has 0 amide bonds. The molecule has 9 heteroatoms. The third-order valence-electron chi connectivity index (χ3n) is 4.33. The SMILES string of the molecule is CCNC(=NCc1nc(-c2cccc(Cl)c2)no1)NC1CCC(SC)C1.I. The van der Waals surface area contributed by atoms with Gasteiger partial charge in [-0.2, -0.15) is 16.7 Å². The molecule has 2 unspecified atom stereocenters. The van der Waals surface area contributed by atoms with Gasteiger partial charge in [-0.15, -0.1) is 24.0 Å². The van der Waals surface area contributed by atoms with Gasteiger partial charge in [0.1, 0.15) is 6.54 Å². The van der Waals surface area contributed by atoms with Crippen LogP contribution in [0.2, 0.25) is 5.02 Å². The first kappa shape index (κ1) is 22.3. The number of nitrogens with zero attached hydrogens (tertiary/aromatic N) is 3. The number of benzene rings is 1. The second-order valence-corrected chi connectivity index (χ2v) is 7.80. The molecule has 2 aromatic rings. The monoisotopic (exact) mass is 521 g/mol. The number of guanidine groups is 1. The summed E-state index contributed by atoms with van der Waals surface area (Å²) in [7, 11) is 0. The van der Waals surface area contributed by atoms with Crippen LogP contribution in [0.4, 0.5) is 0 Å². The summed E-state index contributed by atoms with van der Waals surface area (Å²) in [5, 5.41) is 12.2. The first-order chi connectivity index (χ1) is 12.7. The number of hydrogen-bond donors (Lipinski definition) is 2. The number of aliphatic imine (C=N–C) groups is 1. The van der Waals surface area contributed by atoms with Gasteiger partial charge < -0.3 is 15.2 Å². The highest BCUT2D eigenvalue weighted by Gasteiger charge is 2.24. The number of aromatic nitrogens is 2. The minimum Gasteiger partial charge on any atom is -0.357 e. The van der Waals surface area contributed by atoms with Gasteiger partial charge in [0, 0.05) is 28.4 Å². The molecule has 1 aromatic carbocycles. The first-order valence-corrected chi connectivity index (χ1v) is 10.5. The summed E-state index contributed by atoms with van der Waals surface area (Å²) < 4.78 is 5.32. The van der Waals surface area contributed by atoms with Gasteiger partial charge >= 0.3 is 0 Å². The van der Waals surface area contributed by atoms with Crippen molar-refractivity contribution in [2.45, 2.75) is 44.0 Å². The van der Waals surface area contributed by atoms with Crippen LogP contribution in [0.15, 0.2) is 33.8 Å². The Morgan fingerprint density at radius 2 is 2.26 bits per heavy atom. The smallest absolute Gasteiger partial charge is 0.248 e. The quantitative estimate of drug-likeness (QED) is 0.334. The fraction of sp³-hybridized carbons (Fsp3) is 0.500. The molecule has 3 rings (SSSR count). The summed E-state index contributed by atoms with van der Waals surface area (Å²) >= 11 is 7.96. The van der Waals surface area contributed by atoms with Crippen molar-refractivity contribution in [2.24, 2.45) is 4.99 Å². The number of thioether (sulfide) groups is 1. The lowest BCUT2D eigenvalue weighted by Crippen LogP contribution is -2.42. The molecule has 27 heavy (non-hydrogen) atoms. The van der Waals surface area contributed by atoms with Crippen LogP contribution in [-0.4, -0.2) is 40.2 Å². The van der Waals surface area contributed by atoms with Crippen LogP contribution in [-0.2, 0) is 6.54 Å². The van der Waals surface area contributed by atoms with Gasteiger partial charge in [0.05, 0.1) is 0 Å². The molecule has 148 valence electrons. The van der Waals surface area contributed by atoms with E-state index in [2.05, 4.69) is 38.9 Å². The average Bonchev–Trinajstić information content (AvgIpc) is 3.29. The second-order valence-electron chi connectivity index (χ2n) is 6.23. The molecule has 6 nitrogen and oxygen atoms in total. The lowest BCUT2D eigenvalue weighted by atomic mass is 10.2. The summed E-state index contributed by atoms with van der Waals surface area (Å²) in [6, 6.07) is 7.86. The Bertz CT molecular complexity index is 757. The van der Waals surface area contributed by atoms with Gasteiger partial charge in [0.2, 0.25) is 11.7 Å². The molecule has 1 aromatic heterocycles. The van der Waals surface area contributed by atoms with Gasteiger partial charge in [-0.05, 0) is 44.6 Å². The maximum Gasteiger partial charge on any atom is 0.248 e. The van der Waals surface area contributed by atoms with E-state index in [1.165, 1.54) is 19.3 Å². The van der Waals surface area contributed by atoms with Crippen molar-refractivity contribution < 1.29 is 4.52 Å². The molecule has 1 heterocycles. The van der Waals surface area contributed by atoms with Gasteiger partial charge in [0.25, 0.3) is 0 Å². The zero-order valence-electron chi connectivity index (χ0n) is 15.4. The van der Waals surface area contributed by atoms with Gasteiger partial charge in [-0.3, -0.25) is 0 Å². The topological polar surface area (TPSA) is 75.3 Å². The summed E-state index contributed by atoms with van der Waals surface area (Å²) in [5.41, 5.74) is 0.829. The zero-order chi connectivity index (χ0) is 18.4. The van der Waals surface area contributed by atoms with Crippen molar-refractivity contribution in [2.75, 3.05) is 12.8 Å². The summed E-state index contributed by atoms with van der Waals surface area (Å²) in [4.78, 5) is 9.00. The molecule has 2 N–H and O–H groups in total. The number of halogens is 2. The van der Waals surface area contributed by atoms with E-state index in [0.717, 1.165) is 23.3 Å². The van der Waals surface area contributed by atoms with E-state index in [1.807, 2.05) is 36.0 Å². The molecular formula is C18H25ClIN5OS. The van der Waals surface area contributed by atoms with E-state index in [-0.39, 0.29) is 24.0 Å². The maximum absolute atomic E-state index is 6.01. The third kappa shape index (κ3) is 6.53. The highest BCUT2D eigenvalue weighted by molar-refractivity contribution is 14.0. The van der Waals surface area contributed by atoms with Crippen molar-refractivity contribution in [1.82, 2.24) is 20.8 Å². The van der Waals surface area contributed by atoms with Gasteiger partial charge in [-0.1, -0.05) is 28.9 Å². The molecule has 0 bridgehead atoms. The lowest BCUT2D eigenvalue weighted by Gasteiger charge is -2.16. The maximum atomic E-state index is 6.01. The number of hydrogen-bond acceptors (Lipinski definition) is 5. The highest BCUT2D eigenvalue weighted by Crippen LogP contribution is 2.28. The Morgan fingerprint density at radius 3 is 2.96 bits per heavy atom. The fourth-order valence-electron chi connectivity index (χ4n) is 3.01. The van der Waals surface area contributed by atoms with Crippen molar-refractivity contribution >= 4 is 53.3 Å². The predicted octanol–water partition coefficient (Wildman–Crippen LogP) is 4.35. The molecule has 1 aliphatic rings. The largest absolute Gasteiger partial charge is 0.357 e. The Kier molecular flexibility index (Phi) is 9.17.